The average molecular weight is 471 g/mol. The van der Waals surface area contributed by atoms with Gasteiger partial charge in [-0.15, -0.1) is 11.3 Å². The Morgan fingerprint density at radius 2 is 1.84 bits per heavy atom. The van der Waals surface area contributed by atoms with Crippen LogP contribution in [0.2, 0.25) is 0 Å². The van der Waals surface area contributed by atoms with E-state index in [1.807, 2.05) is 12.1 Å². The van der Waals surface area contributed by atoms with Gasteiger partial charge in [-0.1, -0.05) is 15.9 Å². The minimum absolute atomic E-state index is 0.313. The molecule has 3 nitrogen and oxygen atoms in total. The zero-order valence-electron chi connectivity index (χ0n) is 9.32. The molecule has 1 aromatic heterocycles. The summed E-state index contributed by atoms with van der Waals surface area (Å²) in [7, 11) is 0. The molecule has 0 amide bonds. The third-order valence-corrected chi connectivity index (χ3v) is 4.88. The van der Waals surface area contributed by atoms with Crippen LogP contribution in [-0.4, -0.2) is 11.1 Å². The smallest absolute Gasteiger partial charge is 0.345 e. The Bertz CT molecular complexity index is 601. The normalized spacial score (nSPS) is 10.5. The molecule has 2 aromatic rings. The molecule has 2 rings (SSSR count). The number of carbonyl (C=O) groups is 1. The number of carboxylic acids is 1. The summed E-state index contributed by atoms with van der Waals surface area (Å²) in [5.41, 5.74) is 0. The summed E-state index contributed by atoms with van der Waals surface area (Å²) in [6, 6.07) is 7.11. The molecule has 0 aliphatic rings. The lowest BCUT2D eigenvalue weighted by molar-refractivity contribution is 0.0702. The van der Waals surface area contributed by atoms with E-state index < -0.39 is 5.97 Å². The van der Waals surface area contributed by atoms with Crippen molar-refractivity contribution in [1.29, 1.82) is 0 Å². The Balaban J connectivity index is 2.12. The molecule has 0 atom stereocenters. The monoisotopic (exact) mass is 468 g/mol. The van der Waals surface area contributed by atoms with E-state index in [1.165, 1.54) is 11.3 Å². The lowest BCUT2D eigenvalue weighted by Crippen LogP contribution is -1.95. The fraction of sp³-hybridized carbons (Fsp3) is 0.0833. The number of ether oxygens (including phenoxy) is 1. The predicted octanol–water partition coefficient (Wildman–Crippen LogP) is 5.31. The van der Waals surface area contributed by atoms with Gasteiger partial charge in [-0.3, -0.25) is 0 Å². The van der Waals surface area contributed by atoms with E-state index in [2.05, 4.69) is 47.8 Å². The van der Waals surface area contributed by atoms with Crippen molar-refractivity contribution in [2.45, 2.75) is 6.61 Å². The number of hydrogen-bond acceptors (Lipinski definition) is 3. The maximum atomic E-state index is 10.8. The van der Waals surface area contributed by atoms with Crippen LogP contribution in [0.3, 0.4) is 0 Å². The second-order valence-corrected chi connectivity index (χ2v) is 7.35. The van der Waals surface area contributed by atoms with Crippen LogP contribution < -0.4 is 4.74 Å². The molecule has 1 aromatic carbocycles. The van der Waals surface area contributed by atoms with Crippen LogP contribution in [-0.2, 0) is 6.61 Å². The Labute approximate surface area is 139 Å². The van der Waals surface area contributed by atoms with Crippen molar-refractivity contribution in [2.75, 3.05) is 0 Å². The van der Waals surface area contributed by atoms with Crippen molar-refractivity contribution in [2.24, 2.45) is 0 Å². The lowest BCUT2D eigenvalue weighted by atomic mass is 10.3. The molecule has 0 unspecified atom stereocenters. The molecule has 0 fully saturated rings. The van der Waals surface area contributed by atoms with Gasteiger partial charge in [0.2, 0.25) is 0 Å². The minimum atomic E-state index is -0.915. The predicted molar refractivity (Wildman–Crippen MR) is 85.2 cm³/mol. The Kier molecular flexibility index (Phi) is 5.05. The molecule has 1 heterocycles. The highest BCUT2D eigenvalue weighted by molar-refractivity contribution is 9.11. The van der Waals surface area contributed by atoms with Crippen molar-refractivity contribution in [3.8, 4) is 5.75 Å². The molecule has 0 saturated heterocycles. The largest absolute Gasteiger partial charge is 0.486 e. The number of aromatic carboxylic acids is 1. The fourth-order valence-corrected chi connectivity index (χ4v) is 4.63. The minimum Gasteiger partial charge on any atom is -0.486 e. The SMILES string of the molecule is O=C(O)c1ccc(COc2c(Br)cc(Br)cc2Br)s1. The number of halogens is 3. The van der Waals surface area contributed by atoms with Gasteiger partial charge in [0, 0.05) is 9.35 Å². The molecule has 0 saturated carbocycles. The van der Waals surface area contributed by atoms with Crippen LogP contribution in [0.25, 0.3) is 0 Å². The first-order valence-corrected chi connectivity index (χ1v) is 8.26. The Hall–Kier alpha value is -0.370. The summed E-state index contributed by atoms with van der Waals surface area (Å²) in [4.78, 5) is 12.0. The van der Waals surface area contributed by atoms with E-state index in [1.54, 1.807) is 12.1 Å². The topological polar surface area (TPSA) is 46.5 Å². The van der Waals surface area contributed by atoms with Crippen LogP contribution in [0.4, 0.5) is 0 Å². The van der Waals surface area contributed by atoms with Gasteiger partial charge in [0.25, 0.3) is 0 Å². The Morgan fingerprint density at radius 1 is 1.21 bits per heavy atom. The highest BCUT2D eigenvalue weighted by Gasteiger charge is 2.11. The van der Waals surface area contributed by atoms with Crippen molar-refractivity contribution >= 4 is 65.1 Å². The van der Waals surface area contributed by atoms with Crippen LogP contribution in [0.15, 0.2) is 37.7 Å². The zero-order chi connectivity index (χ0) is 14.0. The Morgan fingerprint density at radius 3 is 2.37 bits per heavy atom. The van der Waals surface area contributed by atoms with Crippen LogP contribution in [0.5, 0.6) is 5.75 Å². The molecule has 0 bridgehead atoms. The summed E-state index contributed by atoms with van der Waals surface area (Å²) in [6.07, 6.45) is 0. The molecule has 0 radical (unpaired) electrons. The number of thiophene rings is 1. The third kappa shape index (κ3) is 3.81. The number of hydrogen-bond donors (Lipinski definition) is 1. The molecular weight excluding hydrogens is 464 g/mol. The maximum absolute atomic E-state index is 10.8. The van der Waals surface area contributed by atoms with Crippen molar-refractivity contribution in [3.63, 3.8) is 0 Å². The van der Waals surface area contributed by atoms with Crippen molar-refractivity contribution in [3.05, 3.63) is 47.4 Å². The molecular formula is C12H7Br3O3S. The van der Waals surface area contributed by atoms with Crippen molar-refractivity contribution in [1.82, 2.24) is 0 Å². The second-order valence-electron chi connectivity index (χ2n) is 3.56. The van der Waals surface area contributed by atoms with Gasteiger partial charge in [0.1, 0.15) is 17.2 Å². The average Bonchev–Trinajstić information content (AvgIpc) is 2.76. The summed E-state index contributed by atoms with van der Waals surface area (Å²) in [5.74, 6) is -0.226. The van der Waals surface area contributed by atoms with Crippen molar-refractivity contribution < 1.29 is 14.6 Å². The second kappa shape index (κ2) is 6.39. The zero-order valence-corrected chi connectivity index (χ0v) is 14.9. The van der Waals surface area contributed by atoms with Crippen LogP contribution in [0.1, 0.15) is 14.5 Å². The molecule has 0 aliphatic heterocycles. The molecule has 0 aliphatic carbocycles. The molecule has 1 N–H and O–H groups in total. The van der Waals surface area contributed by atoms with E-state index in [4.69, 9.17) is 9.84 Å². The van der Waals surface area contributed by atoms with Gasteiger partial charge < -0.3 is 9.84 Å². The summed E-state index contributed by atoms with van der Waals surface area (Å²) in [6.45, 7) is 0.330. The van der Waals surface area contributed by atoms with Gasteiger partial charge in [-0.05, 0) is 56.1 Å². The van der Waals surface area contributed by atoms with E-state index >= 15 is 0 Å². The van der Waals surface area contributed by atoms with Crippen LogP contribution in [0, 0.1) is 0 Å². The molecule has 100 valence electrons. The lowest BCUT2D eigenvalue weighted by Gasteiger charge is -2.09. The first-order valence-electron chi connectivity index (χ1n) is 5.06. The molecule has 19 heavy (non-hydrogen) atoms. The number of rotatable bonds is 4. The highest BCUT2D eigenvalue weighted by atomic mass is 79.9. The third-order valence-electron chi connectivity index (χ3n) is 2.19. The first-order chi connectivity index (χ1) is 8.97. The summed E-state index contributed by atoms with van der Waals surface area (Å²) >= 11 is 11.4. The molecule has 0 spiro atoms. The van der Waals surface area contributed by atoms with E-state index in [-0.39, 0.29) is 0 Å². The van der Waals surface area contributed by atoms with Gasteiger partial charge in [-0.25, -0.2) is 4.79 Å². The summed E-state index contributed by atoms with van der Waals surface area (Å²) < 4.78 is 8.28. The summed E-state index contributed by atoms with van der Waals surface area (Å²) in [5, 5.41) is 8.85. The quantitative estimate of drug-likeness (QED) is 0.658. The maximum Gasteiger partial charge on any atom is 0.345 e. The number of carboxylic acid groups (broad SMARTS) is 1. The van der Waals surface area contributed by atoms with Gasteiger partial charge in [0.15, 0.2) is 0 Å². The molecule has 7 heteroatoms. The van der Waals surface area contributed by atoms with Gasteiger partial charge in [0.05, 0.1) is 8.95 Å². The first kappa shape index (κ1) is 15.0. The van der Waals surface area contributed by atoms with Crippen LogP contribution >= 0.6 is 59.1 Å². The van der Waals surface area contributed by atoms with E-state index in [9.17, 15) is 4.79 Å². The van der Waals surface area contributed by atoms with Gasteiger partial charge >= 0.3 is 5.97 Å². The van der Waals surface area contributed by atoms with E-state index in [0.29, 0.717) is 17.2 Å². The number of benzene rings is 1. The van der Waals surface area contributed by atoms with Gasteiger partial charge in [-0.2, -0.15) is 0 Å². The van der Waals surface area contributed by atoms with E-state index in [0.717, 1.165) is 18.3 Å². The highest BCUT2D eigenvalue weighted by Crippen LogP contribution is 2.37. The fourth-order valence-electron chi connectivity index (χ4n) is 1.38. The standard InChI is InChI=1S/C12H7Br3O3S/c13-6-3-8(14)11(9(15)4-6)18-5-7-1-2-10(19-7)12(16)17/h1-4H,5H2,(H,16,17).